The highest BCUT2D eigenvalue weighted by atomic mass is 79.9. The van der Waals surface area contributed by atoms with E-state index in [2.05, 4.69) is 39.8 Å². The predicted octanol–water partition coefficient (Wildman–Crippen LogP) is 2.79. The minimum Gasteiger partial charge on any atom is -0.370 e. The number of carbonyl (C=O) groups is 1. The van der Waals surface area contributed by atoms with Crippen LogP contribution in [0.3, 0.4) is 0 Å². The Morgan fingerprint density at radius 3 is 2.56 bits per heavy atom. The van der Waals surface area contributed by atoms with Crippen molar-refractivity contribution in [3.05, 3.63) is 28.2 Å². The van der Waals surface area contributed by atoms with Crippen molar-refractivity contribution in [3.63, 3.8) is 0 Å². The van der Waals surface area contributed by atoms with E-state index in [0.717, 1.165) is 47.9 Å². The van der Waals surface area contributed by atoms with Crippen LogP contribution in [0.5, 0.6) is 0 Å². The van der Waals surface area contributed by atoms with Crippen LogP contribution in [0.25, 0.3) is 0 Å². The molecule has 0 spiro atoms. The zero-order valence-corrected chi connectivity index (χ0v) is 12.5. The number of anilines is 1. The van der Waals surface area contributed by atoms with Crippen LogP contribution < -0.4 is 4.90 Å². The Labute approximate surface area is 117 Å². The number of nitrogens with zero attached hydrogens (tertiary/aromatic N) is 2. The molecule has 0 saturated carbocycles. The Morgan fingerprint density at radius 1 is 1.33 bits per heavy atom. The molecule has 0 radical (unpaired) electrons. The summed E-state index contributed by atoms with van der Waals surface area (Å²) in [5, 5.41) is 0. The first-order chi connectivity index (χ1) is 8.63. The average molecular weight is 311 g/mol. The molecule has 0 unspecified atom stereocenters. The van der Waals surface area contributed by atoms with Gasteiger partial charge in [-0.3, -0.25) is 4.79 Å². The Hall–Kier alpha value is -0.870. The molecule has 98 valence electrons. The Kier molecular flexibility index (Phi) is 4.40. The molecular weight excluding hydrogens is 292 g/mol. The summed E-state index contributed by atoms with van der Waals surface area (Å²) in [5.41, 5.74) is 1.82. The molecule has 18 heavy (non-hydrogen) atoms. The lowest BCUT2D eigenvalue weighted by molar-refractivity contribution is 0.112. The lowest BCUT2D eigenvalue weighted by atomic mass is 10.0. The lowest BCUT2D eigenvalue weighted by Gasteiger charge is -2.37. The van der Waals surface area contributed by atoms with Gasteiger partial charge in [0.25, 0.3) is 0 Å². The van der Waals surface area contributed by atoms with Crippen LogP contribution in [0.1, 0.15) is 23.2 Å². The largest absolute Gasteiger partial charge is 0.370 e. The number of para-hydroxylation sites is 1. The SMILES string of the molecule is CN(C)C1CCN(c2c(Br)cccc2C=O)CC1. The fraction of sp³-hybridized carbons (Fsp3) is 0.500. The summed E-state index contributed by atoms with van der Waals surface area (Å²) in [6.07, 6.45) is 3.23. The molecule has 1 aromatic carbocycles. The van der Waals surface area contributed by atoms with Crippen LogP contribution in [-0.4, -0.2) is 44.4 Å². The minimum atomic E-state index is 0.656. The summed E-state index contributed by atoms with van der Waals surface area (Å²) in [5.74, 6) is 0. The zero-order chi connectivity index (χ0) is 13.1. The first kappa shape index (κ1) is 13.6. The van der Waals surface area contributed by atoms with Gasteiger partial charge in [-0.05, 0) is 55.0 Å². The van der Waals surface area contributed by atoms with Crippen LogP contribution in [0.15, 0.2) is 22.7 Å². The first-order valence-corrected chi connectivity index (χ1v) is 7.08. The molecule has 1 aromatic rings. The average Bonchev–Trinajstić information content (AvgIpc) is 2.38. The highest BCUT2D eigenvalue weighted by Gasteiger charge is 2.23. The number of piperidine rings is 1. The van der Waals surface area contributed by atoms with Gasteiger partial charge >= 0.3 is 0 Å². The Bertz CT molecular complexity index is 426. The number of aldehydes is 1. The van der Waals surface area contributed by atoms with Gasteiger partial charge in [0.15, 0.2) is 6.29 Å². The first-order valence-electron chi connectivity index (χ1n) is 6.28. The van der Waals surface area contributed by atoms with E-state index >= 15 is 0 Å². The van der Waals surface area contributed by atoms with Gasteiger partial charge in [0.2, 0.25) is 0 Å². The molecule has 1 aliphatic rings. The van der Waals surface area contributed by atoms with Crippen molar-refractivity contribution in [2.75, 3.05) is 32.1 Å². The summed E-state index contributed by atoms with van der Waals surface area (Å²) in [7, 11) is 4.27. The quantitative estimate of drug-likeness (QED) is 0.802. The maximum absolute atomic E-state index is 11.1. The van der Waals surface area contributed by atoms with E-state index < -0.39 is 0 Å². The van der Waals surface area contributed by atoms with Crippen molar-refractivity contribution in [1.82, 2.24) is 4.90 Å². The third-order valence-electron chi connectivity index (χ3n) is 3.66. The number of carbonyl (C=O) groups excluding carboxylic acids is 1. The fourth-order valence-electron chi connectivity index (χ4n) is 2.57. The minimum absolute atomic E-state index is 0.656. The fourth-order valence-corrected chi connectivity index (χ4v) is 3.20. The van der Waals surface area contributed by atoms with Gasteiger partial charge in [-0.25, -0.2) is 0 Å². The maximum Gasteiger partial charge on any atom is 0.152 e. The predicted molar refractivity (Wildman–Crippen MR) is 78.5 cm³/mol. The Morgan fingerprint density at radius 2 is 2.00 bits per heavy atom. The van der Waals surface area contributed by atoms with Gasteiger partial charge in [0.1, 0.15) is 0 Å². The third kappa shape index (κ3) is 2.75. The third-order valence-corrected chi connectivity index (χ3v) is 4.30. The van der Waals surface area contributed by atoms with Crippen LogP contribution >= 0.6 is 15.9 Å². The molecule has 1 aliphatic heterocycles. The van der Waals surface area contributed by atoms with E-state index in [1.807, 2.05) is 18.2 Å². The summed E-state index contributed by atoms with van der Waals surface area (Å²) in [6, 6.07) is 6.44. The molecule has 0 amide bonds. The molecule has 0 bridgehead atoms. The van der Waals surface area contributed by atoms with E-state index in [1.54, 1.807) is 0 Å². The maximum atomic E-state index is 11.1. The summed E-state index contributed by atoms with van der Waals surface area (Å²) >= 11 is 3.56. The van der Waals surface area contributed by atoms with Gasteiger partial charge in [0, 0.05) is 29.2 Å². The highest BCUT2D eigenvalue weighted by Crippen LogP contribution is 2.31. The monoisotopic (exact) mass is 310 g/mol. The van der Waals surface area contributed by atoms with Crippen molar-refractivity contribution < 1.29 is 4.79 Å². The van der Waals surface area contributed by atoms with Gasteiger partial charge in [-0.2, -0.15) is 0 Å². The van der Waals surface area contributed by atoms with E-state index in [4.69, 9.17) is 0 Å². The zero-order valence-electron chi connectivity index (χ0n) is 10.9. The molecule has 0 aromatic heterocycles. The number of rotatable bonds is 3. The van der Waals surface area contributed by atoms with Crippen LogP contribution in [0, 0.1) is 0 Å². The number of halogens is 1. The smallest absolute Gasteiger partial charge is 0.152 e. The second-order valence-corrected chi connectivity index (χ2v) is 5.83. The summed E-state index contributed by atoms with van der Waals surface area (Å²) in [4.78, 5) is 15.7. The molecule has 1 fully saturated rings. The normalized spacial score (nSPS) is 17.2. The van der Waals surface area contributed by atoms with Crippen molar-refractivity contribution in [2.45, 2.75) is 18.9 Å². The number of hydrogen-bond acceptors (Lipinski definition) is 3. The van der Waals surface area contributed by atoms with E-state index in [9.17, 15) is 4.79 Å². The van der Waals surface area contributed by atoms with Gasteiger partial charge < -0.3 is 9.80 Å². The molecule has 4 heteroatoms. The van der Waals surface area contributed by atoms with Crippen LogP contribution in [-0.2, 0) is 0 Å². The topological polar surface area (TPSA) is 23.6 Å². The number of hydrogen-bond donors (Lipinski definition) is 0. The van der Waals surface area contributed by atoms with Crippen LogP contribution in [0.4, 0.5) is 5.69 Å². The van der Waals surface area contributed by atoms with Gasteiger partial charge in [-0.15, -0.1) is 0 Å². The van der Waals surface area contributed by atoms with E-state index in [0.29, 0.717) is 6.04 Å². The van der Waals surface area contributed by atoms with Gasteiger partial charge in [0.05, 0.1) is 5.69 Å². The van der Waals surface area contributed by atoms with Gasteiger partial charge in [-0.1, -0.05) is 6.07 Å². The van der Waals surface area contributed by atoms with Crippen molar-refractivity contribution in [2.24, 2.45) is 0 Å². The van der Waals surface area contributed by atoms with Crippen molar-refractivity contribution >= 4 is 27.9 Å². The molecule has 0 atom stereocenters. The molecule has 1 heterocycles. The van der Waals surface area contributed by atoms with Crippen molar-refractivity contribution in [3.8, 4) is 0 Å². The second-order valence-electron chi connectivity index (χ2n) is 4.98. The summed E-state index contributed by atoms with van der Waals surface area (Å²) < 4.78 is 1.01. The lowest BCUT2D eigenvalue weighted by Crippen LogP contribution is -2.42. The Balaban J connectivity index is 2.17. The molecule has 2 rings (SSSR count). The van der Waals surface area contributed by atoms with Crippen molar-refractivity contribution in [1.29, 1.82) is 0 Å². The molecule has 3 nitrogen and oxygen atoms in total. The second kappa shape index (κ2) is 5.85. The molecule has 0 aliphatic carbocycles. The number of benzene rings is 1. The van der Waals surface area contributed by atoms with Crippen LogP contribution in [0.2, 0.25) is 0 Å². The molecule has 0 N–H and O–H groups in total. The van der Waals surface area contributed by atoms with E-state index in [-0.39, 0.29) is 0 Å². The standard InChI is InChI=1S/C14H19BrN2O/c1-16(2)12-6-8-17(9-7-12)14-11(10-18)4-3-5-13(14)15/h3-5,10,12H,6-9H2,1-2H3. The molecular formula is C14H19BrN2O. The summed E-state index contributed by atoms with van der Waals surface area (Å²) in [6.45, 7) is 2.01. The molecule has 1 saturated heterocycles. The van der Waals surface area contributed by atoms with E-state index in [1.165, 1.54) is 0 Å². The highest BCUT2D eigenvalue weighted by molar-refractivity contribution is 9.10.